The molecule has 0 unspecified atom stereocenters. The van der Waals surface area contributed by atoms with Crippen molar-refractivity contribution in [1.29, 1.82) is 0 Å². The zero-order valence-corrected chi connectivity index (χ0v) is 19.6. The zero-order valence-electron chi connectivity index (χ0n) is 19.6. The largest absolute Gasteiger partial charge is 0.415 e. The van der Waals surface area contributed by atoms with E-state index in [4.69, 9.17) is 10.5 Å². The van der Waals surface area contributed by atoms with Crippen LogP contribution in [0.1, 0.15) is 43.9 Å². The molecule has 2 heterocycles. The van der Waals surface area contributed by atoms with E-state index in [0.717, 1.165) is 44.6 Å². The summed E-state index contributed by atoms with van der Waals surface area (Å²) in [6.07, 6.45) is 1.44. The monoisotopic (exact) mass is 450 g/mol. The number of ether oxygens (including phenoxy) is 1. The summed E-state index contributed by atoms with van der Waals surface area (Å²) in [6, 6.07) is 17.8. The van der Waals surface area contributed by atoms with E-state index in [9.17, 15) is 9.59 Å². The molecular formula is C26H34N4O3. The average molecular weight is 451 g/mol. The first-order valence-corrected chi connectivity index (χ1v) is 11.8. The molecule has 0 saturated carbocycles. The first kappa shape index (κ1) is 23.3. The van der Waals surface area contributed by atoms with Crippen molar-refractivity contribution in [3.05, 3.63) is 65.7 Å². The predicted molar refractivity (Wildman–Crippen MR) is 128 cm³/mol. The Morgan fingerprint density at radius 3 is 2.03 bits per heavy atom. The standard InChI is InChI=1S/C26H34N4O3/c1-20(27)22-8-10-23(11-9-22)26(12-14-28(15-13-26)21(2)31)30-18-16-29(17-19-30)25(32)33-24-6-4-3-5-7-24/h3-11,20H,12-19,27H2,1-2H3/t20-/m0/s1. The summed E-state index contributed by atoms with van der Waals surface area (Å²) in [5.41, 5.74) is 8.28. The molecule has 7 nitrogen and oxygen atoms in total. The minimum absolute atomic E-state index is 0.00580. The van der Waals surface area contributed by atoms with Gasteiger partial charge in [0, 0.05) is 57.8 Å². The van der Waals surface area contributed by atoms with Gasteiger partial charge in [0.05, 0.1) is 0 Å². The Labute approximate surface area is 196 Å². The first-order chi connectivity index (χ1) is 15.9. The summed E-state index contributed by atoms with van der Waals surface area (Å²) in [5.74, 6) is 0.691. The Balaban J connectivity index is 1.49. The van der Waals surface area contributed by atoms with Gasteiger partial charge in [-0.15, -0.1) is 0 Å². The molecule has 0 bridgehead atoms. The Bertz CT molecular complexity index is 945. The highest BCUT2D eigenvalue weighted by atomic mass is 16.6. The van der Waals surface area contributed by atoms with Gasteiger partial charge in [-0.2, -0.15) is 0 Å². The molecule has 7 heteroatoms. The molecule has 4 rings (SSSR count). The molecule has 2 N–H and O–H groups in total. The fourth-order valence-corrected chi connectivity index (χ4v) is 5.05. The summed E-state index contributed by atoms with van der Waals surface area (Å²) in [6.45, 7) is 7.86. The third-order valence-corrected chi connectivity index (χ3v) is 7.10. The van der Waals surface area contributed by atoms with E-state index in [1.54, 1.807) is 24.0 Å². The maximum absolute atomic E-state index is 12.6. The molecular weight excluding hydrogens is 416 g/mol. The lowest BCUT2D eigenvalue weighted by atomic mass is 9.78. The molecule has 33 heavy (non-hydrogen) atoms. The third-order valence-electron chi connectivity index (χ3n) is 7.10. The smallest absolute Gasteiger partial charge is 0.410 e. The molecule has 1 atom stereocenters. The van der Waals surface area contributed by atoms with E-state index in [-0.39, 0.29) is 23.6 Å². The van der Waals surface area contributed by atoms with Gasteiger partial charge in [0.1, 0.15) is 5.75 Å². The lowest BCUT2D eigenvalue weighted by Crippen LogP contribution is -2.60. The zero-order chi connectivity index (χ0) is 23.4. The number of nitrogens with zero attached hydrogens (tertiary/aromatic N) is 3. The van der Waals surface area contributed by atoms with Crippen molar-refractivity contribution in [2.75, 3.05) is 39.3 Å². The Hall–Kier alpha value is -2.90. The number of benzene rings is 2. The number of nitrogens with two attached hydrogens (primary N) is 1. The van der Waals surface area contributed by atoms with E-state index in [0.29, 0.717) is 18.8 Å². The van der Waals surface area contributed by atoms with Gasteiger partial charge in [-0.1, -0.05) is 42.5 Å². The average Bonchev–Trinajstić information content (AvgIpc) is 2.85. The van der Waals surface area contributed by atoms with Crippen LogP contribution >= 0.6 is 0 Å². The second-order valence-corrected chi connectivity index (χ2v) is 9.10. The number of hydrogen-bond donors (Lipinski definition) is 1. The van der Waals surface area contributed by atoms with Crippen molar-refractivity contribution in [3.63, 3.8) is 0 Å². The molecule has 2 saturated heterocycles. The SMILES string of the molecule is CC(=O)N1CCC(c2ccc([C@H](C)N)cc2)(N2CCN(C(=O)Oc3ccccc3)CC2)CC1. The number of carbonyl (C=O) groups is 2. The first-order valence-electron chi connectivity index (χ1n) is 11.8. The number of piperidine rings is 1. The third kappa shape index (κ3) is 5.04. The summed E-state index contributed by atoms with van der Waals surface area (Å²) >= 11 is 0. The quantitative estimate of drug-likeness (QED) is 0.773. The Morgan fingerprint density at radius 2 is 1.48 bits per heavy atom. The number of piperazine rings is 1. The molecule has 0 spiro atoms. The van der Waals surface area contributed by atoms with Crippen molar-refractivity contribution in [2.24, 2.45) is 5.73 Å². The van der Waals surface area contributed by atoms with Crippen LogP contribution in [0, 0.1) is 0 Å². The summed E-state index contributed by atoms with van der Waals surface area (Å²) in [4.78, 5) is 30.8. The van der Waals surface area contributed by atoms with Gasteiger partial charge in [0.2, 0.25) is 5.91 Å². The minimum Gasteiger partial charge on any atom is -0.410 e. The molecule has 176 valence electrons. The normalized spacial score (nSPS) is 19.7. The fourth-order valence-electron chi connectivity index (χ4n) is 5.05. The Morgan fingerprint density at radius 1 is 0.879 bits per heavy atom. The van der Waals surface area contributed by atoms with Gasteiger partial charge in [-0.25, -0.2) is 4.79 Å². The Kier molecular flexibility index (Phi) is 7.00. The second kappa shape index (κ2) is 9.93. The van der Waals surface area contributed by atoms with Crippen LogP contribution in [0.5, 0.6) is 5.75 Å². The predicted octanol–water partition coefficient (Wildman–Crippen LogP) is 3.36. The van der Waals surface area contributed by atoms with Crippen molar-refractivity contribution in [1.82, 2.24) is 14.7 Å². The number of rotatable bonds is 4. The molecule has 0 radical (unpaired) electrons. The van der Waals surface area contributed by atoms with Gasteiger partial charge in [-0.3, -0.25) is 9.69 Å². The van der Waals surface area contributed by atoms with Crippen LogP contribution in [0.15, 0.2) is 54.6 Å². The maximum Gasteiger partial charge on any atom is 0.415 e. The van der Waals surface area contributed by atoms with Crippen LogP contribution in [0.3, 0.4) is 0 Å². The molecule has 2 aromatic rings. The van der Waals surface area contributed by atoms with Crippen LogP contribution in [-0.4, -0.2) is 66.0 Å². The van der Waals surface area contributed by atoms with Crippen LogP contribution in [0.4, 0.5) is 4.79 Å². The lowest BCUT2D eigenvalue weighted by molar-refractivity contribution is -0.132. The topological polar surface area (TPSA) is 79.1 Å². The van der Waals surface area contributed by atoms with Crippen molar-refractivity contribution >= 4 is 12.0 Å². The summed E-state index contributed by atoms with van der Waals surface area (Å²) < 4.78 is 5.53. The van der Waals surface area contributed by atoms with Gasteiger partial charge in [0.15, 0.2) is 0 Å². The molecule has 0 aromatic heterocycles. The molecule has 2 aromatic carbocycles. The highest BCUT2D eigenvalue weighted by Gasteiger charge is 2.43. The molecule has 2 fully saturated rings. The van der Waals surface area contributed by atoms with E-state index < -0.39 is 0 Å². The van der Waals surface area contributed by atoms with Crippen LogP contribution in [0.2, 0.25) is 0 Å². The maximum atomic E-state index is 12.6. The lowest BCUT2D eigenvalue weighted by Gasteiger charge is -2.51. The number of carbonyl (C=O) groups excluding carboxylic acids is 2. The van der Waals surface area contributed by atoms with Crippen LogP contribution in [-0.2, 0) is 10.3 Å². The highest BCUT2D eigenvalue weighted by Crippen LogP contribution is 2.40. The van der Waals surface area contributed by atoms with E-state index >= 15 is 0 Å². The summed E-state index contributed by atoms with van der Waals surface area (Å²) in [7, 11) is 0. The fraction of sp³-hybridized carbons (Fsp3) is 0.462. The molecule has 2 amide bonds. The van der Waals surface area contributed by atoms with E-state index in [1.807, 2.05) is 30.0 Å². The van der Waals surface area contributed by atoms with Crippen molar-refractivity contribution < 1.29 is 14.3 Å². The van der Waals surface area contributed by atoms with Gasteiger partial charge in [-0.05, 0) is 43.0 Å². The van der Waals surface area contributed by atoms with Crippen molar-refractivity contribution in [3.8, 4) is 5.75 Å². The van der Waals surface area contributed by atoms with Gasteiger partial charge in [0.25, 0.3) is 0 Å². The minimum atomic E-state index is -0.303. The highest BCUT2D eigenvalue weighted by molar-refractivity contribution is 5.73. The molecule has 2 aliphatic rings. The van der Waals surface area contributed by atoms with Crippen LogP contribution in [0.25, 0.3) is 0 Å². The van der Waals surface area contributed by atoms with Gasteiger partial charge >= 0.3 is 6.09 Å². The van der Waals surface area contributed by atoms with Crippen LogP contribution < -0.4 is 10.5 Å². The van der Waals surface area contributed by atoms with Gasteiger partial charge < -0.3 is 20.3 Å². The number of para-hydroxylation sites is 1. The second-order valence-electron chi connectivity index (χ2n) is 9.10. The number of amides is 2. The molecule has 2 aliphatic heterocycles. The molecule has 0 aliphatic carbocycles. The van der Waals surface area contributed by atoms with E-state index in [2.05, 4.69) is 29.2 Å². The van der Waals surface area contributed by atoms with E-state index in [1.165, 1.54) is 5.56 Å². The van der Waals surface area contributed by atoms with Crippen molar-refractivity contribution in [2.45, 2.75) is 38.3 Å². The summed E-state index contributed by atoms with van der Waals surface area (Å²) in [5, 5.41) is 0. The number of likely N-dealkylation sites (tertiary alicyclic amines) is 1. The number of hydrogen-bond acceptors (Lipinski definition) is 5.